The van der Waals surface area contributed by atoms with Gasteiger partial charge in [-0.3, -0.25) is 14.8 Å². The summed E-state index contributed by atoms with van der Waals surface area (Å²) in [5, 5.41) is 1.75. The number of ether oxygens (including phenoxy) is 2. The van der Waals surface area contributed by atoms with Gasteiger partial charge in [0.1, 0.15) is 11.9 Å². The molecule has 0 bridgehead atoms. The number of fused-ring (bicyclic) bond motifs is 1. The molecule has 10 heteroatoms. The number of aromatic nitrogens is 1. The Balaban J connectivity index is 1.73. The van der Waals surface area contributed by atoms with Crippen molar-refractivity contribution in [2.24, 2.45) is 9.98 Å². The number of aliphatic imine (C=N–C) groups is 2. The van der Waals surface area contributed by atoms with E-state index in [1.165, 1.54) is 6.08 Å². The summed E-state index contributed by atoms with van der Waals surface area (Å²) in [6.45, 7) is 8.48. The highest BCUT2D eigenvalue weighted by atomic mass is 35.5. The van der Waals surface area contributed by atoms with E-state index in [0.717, 1.165) is 10.9 Å². The fourth-order valence-electron chi connectivity index (χ4n) is 4.34. The normalized spacial score (nSPS) is 14.7. The summed E-state index contributed by atoms with van der Waals surface area (Å²) in [5.41, 5.74) is 1.99. The number of amides is 1. The van der Waals surface area contributed by atoms with Crippen LogP contribution in [0.4, 0.5) is 5.69 Å². The van der Waals surface area contributed by atoms with Crippen molar-refractivity contribution < 1.29 is 14.3 Å². The number of hydrogen-bond donors (Lipinski definition) is 0. The first kappa shape index (κ1) is 26.1. The molecular weight excluding hydrogens is 523 g/mol. The van der Waals surface area contributed by atoms with Crippen molar-refractivity contribution in [3.8, 4) is 11.5 Å². The van der Waals surface area contributed by atoms with Gasteiger partial charge in [-0.25, -0.2) is 0 Å². The van der Waals surface area contributed by atoms with Crippen LogP contribution < -0.4 is 9.47 Å². The first-order valence-electron chi connectivity index (χ1n) is 11.2. The minimum atomic E-state index is -0.0858. The number of methoxy groups -OCH3 is 1. The van der Waals surface area contributed by atoms with Crippen LogP contribution in [0, 0.1) is 0 Å². The molecule has 0 spiro atoms. The minimum Gasteiger partial charge on any atom is -0.493 e. The zero-order valence-electron chi connectivity index (χ0n) is 19.9. The fourth-order valence-corrected chi connectivity index (χ4v) is 5.00. The number of nitrogens with zero attached hydrogens (tertiary/aromatic N) is 4. The van der Waals surface area contributed by atoms with E-state index < -0.39 is 0 Å². The molecule has 4 rings (SSSR count). The minimum absolute atomic E-state index is 0.0704. The average Bonchev–Trinajstić information content (AvgIpc) is 3.31. The maximum absolute atomic E-state index is 11.9. The molecule has 1 saturated heterocycles. The Kier molecular flexibility index (Phi) is 7.93. The molecule has 2 aromatic carbocycles. The largest absolute Gasteiger partial charge is 0.493 e. The Bertz CT molecular complexity index is 1370. The molecule has 1 aromatic heterocycles. The van der Waals surface area contributed by atoms with Gasteiger partial charge >= 0.3 is 0 Å². The molecule has 0 atom stereocenters. The molecule has 36 heavy (non-hydrogen) atoms. The third-order valence-electron chi connectivity index (χ3n) is 6.18. The van der Waals surface area contributed by atoms with Gasteiger partial charge in [0.2, 0.25) is 5.91 Å². The van der Waals surface area contributed by atoms with Crippen molar-refractivity contribution in [2.75, 3.05) is 27.2 Å². The van der Waals surface area contributed by atoms with Crippen LogP contribution in [-0.4, -0.2) is 61.3 Å². The zero-order chi connectivity index (χ0) is 26.0. The predicted octanol–water partition coefficient (Wildman–Crippen LogP) is 6.42. The lowest BCUT2D eigenvalue weighted by molar-refractivity contribution is -0.127. The Morgan fingerprint density at radius 2 is 1.86 bits per heavy atom. The van der Waals surface area contributed by atoms with E-state index in [0.29, 0.717) is 69.6 Å². The predicted molar refractivity (Wildman–Crippen MR) is 147 cm³/mol. The molecule has 1 amide bonds. The molecule has 1 fully saturated rings. The smallest absolute Gasteiger partial charge is 0.245 e. The van der Waals surface area contributed by atoms with Crippen molar-refractivity contribution in [2.45, 2.75) is 18.9 Å². The number of rotatable bonds is 6. The summed E-state index contributed by atoms with van der Waals surface area (Å²) in [6.07, 6.45) is 4.47. The Labute approximate surface area is 224 Å². The van der Waals surface area contributed by atoms with Gasteiger partial charge in [-0.05, 0) is 31.0 Å². The number of halogens is 3. The van der Waals surface area contributed by atoms with Crippen LogP contribution in [0.15, 0.2) is 53.1 Å². The monoisotopic (exact) mass is 546 g/mol. The van der Waals surface area contributed by atoms with E-state index >= 15 is 0 Å². The summed E-state index contributed by atoms with van der Waals surface area (Å²) < 4.78 is 13.8. The van der Waals surface area contributed by atoms with Gasteiger partial charge in [-0.2, -0.15) is 0 Å². The second-order valence-corrected chi connectivity index (χ2v) is 9.34. The van der Waals surface area contributed by atoms with E-state index in [1.807, 2.05) is 22.9 Å². The third-order valence-corrected chi connectivity index (χ3v) is 7.46. The fraction of sp³-hybridized carbons (Fsp3) is 0.269. The highest BCUT2D eigenvalue weighted by molar-refractivity contribution is 6.50. The van der Waals surface area contributed by atoms with Crippen molar-refractivity contribution in [1.29, 1.82) is 0 Å². The van der Waals surface area contributed by atoms with Gasteiger partial charge in [0, 0.05) is 56.2 Å². The molecule has 0 aliphatic carbocycles. The van der Waals surface area contributed by atoms with Gasteiger partial charge in [0.25, 0.3) is 0 Å². The SMILES string of the molecule is C=CC(=O)N1CCC(Oc2cc(C(=NC)n3ccc4c(Cl)c(Cl)c(Cl)cc43)c(N=C)cc2OC)CC1. The van der Waals surface area contributed by atoms with E-state index in [9.17, 15) is 4.79 Å². The molecule has 1 aliphatic rings. The van der Waals surface area contributed by atoms with E-state index in [4.69, 9.17) is 44.3 Å². The summed E-state index contributed by atoms with van der Waals surface area (Å²) in [7, 11) is 3.26. The van der Waals surface area contributed by atoms with Crippen LogP contribution in [0.3, 0.4) is 0 Å². The number of likely N-dealkylation sites (tertiary alicyclic amines) is 1. The number of carbonyl (C=O) groups is 1. The Hall–Kier alpha value is -3.00. The maximum atomic E-state index is 11.9. The van der Waals surface area contributed by atoms with Gasteiger partial charge in [0.15, 0.2) is 11.5 Å². The van der Waals surface area contributed by atoms with Gasteiger partial charge in [0.05, 0.1) is 33.4 Å². The molecule has 0 saturated carbocycles. The van der Waals surface area contributed by atoms with Crippen molar-refractivity contribution >= 4 is 69.9 Å². The Morgan fingerprint density at radius 3 is 2.47 bits per heavy atom. The first-order chi connectivity index (χ1) is 17.3. The van der Waals surface area contributed by atoms with Crippen molar-refractivity contribution in [3.63, 3.8) is 0 Å². The van der Waals surface area contributed by atoms with Crippen molar-refractivity contribution in [1.82, 2.24) is 9.47 Å². The summed E-state index contributed by atoms with van der Waals surface area (Å²) in [6, 6.07) is 7.21. The number of hydrogen-bond acceptors (Lipinski definition) is 5. The van der Waals surface area contributed by atoms with Gasteiger partial charge in [-0.1, -0.05) is 41.4 Å². The van der Waals surface area contributed by atoms with Crippen LogP contribution in [0.1, 0.15) is 18.4 Å². The Morgan fingerprint density at radius 1 is 1.14 bits per heavy atom. The second-order valence-electron chi connectivity index (χ2n) is 8.18. The topological polar surface area (TPSA) is 68.4 Å². The molecular formula is C26H25Cl3N4O3. The number of benzene rings is 2. The van der Waals surface area contributed by atoms with Crippen LogP contribution in [-0.2, 0) is 4.79 Å². The lowest BCUT2D eigenvalue weighted by Gasteiger charge is -2.32. The first-order valence-corrected chi connectivity index (χ1v) is 12.3. The molecule has 188 valence electrons. The van der Waals surface area contributed by atoms with E-state index in [2.05, 4.69) is 23.3 Å². The van der Waals surface area contributed by atoms with E-state index in [-0.39, 0.29) is 12.0 Å². The molecule has 0 N–H and O–H groups in total. The van der Waals surface area contributed by atoms with E-state index in [1.54, 1.807) is 31.2 Å². The lowest BCUT2D eigenvalue weighted by atomic mass is 10.1. The van der Waals surface area contributed by atoms with Gasteiger partial charge < -0.3 is 18.9 Å². The van der Waals surface area contributed by atoms with Crippen LogP contribution in [0.25, 0.3) is 10.9 Å². The van der Waals surface area contributed by atoms with Crippen LogP contribution >= 0.6 is 34.8 Å². The lowest BCUT2D eigenvalue weighted by Crippen LogP contribution is -2.41. The quantitative estimate of drug-likeness (QED) is 0.155. The molecule has 7 nitrogen and oxygen atoms in total. The zero-order valence-corrected chi connectivity index (χ0v) is 22.2. The molecule has 0 unspecified atom stereocenters. The molecule has 2 heterocycles. The highest BCUT2D eigenvalue weighted by Gasteiger charge is 2.25. The standard InChI is InChI=1S/C26H25Cl3N4O3/c1-5-23(34)32-9-6-15(7-10-32)36-22-12-17(19(30-2)14-21(22)35-4)26(31-3)33-11-8-16-20(33)13-18(27)25(29)24(16)28/h5,8,11-15H,1-2,6-7,9-10H2,3-4H3. The number of carbonyl (C=O) groups excluding carboxylic acids is 1. The summed E-state index contributed by atoms with van der Waals surface area (Å²) in [4.78, 5) is 22.4. The number of piperidine rings is 1. The maximum Gasteiger partial charge on any atom is 0.245 e. The summed E-state index contributed by atoms with van der Waals surface area (Å²) >= 11 is 19.0. The van der Waals surface area contributed by atoms with Crippen molar-refractivity contribution in [3.05, 3.63) is 63.7 Å². The average molecular weight is 548 g/mol. The molecule has 0 radical (unpaired) electrons. The molecule has 3 aromatic rings. The van der Waals surface area contributed by atoms with Crippen LogP contribution in [0.2, 0.25) is 15.1 Å². The second kappa shape index (κ2) is 10.9. The third kappa shape index (κ3) is 4.83. The van der Waals surface area contributed by atoms with Gasteiger partial charge in [-0.15, -0.1) is 0 Å². The summed E-state index contributed by atoms with van der Waals surface area (Å²) in [5.74, 6) is 1.58. The van der Waals surface area contributed by atoms with Crippen LogP contribution in [0.5, 0.6) is 11.5 Å². The highest BCUT2D eigenvalue weighted by Crippen LogP contribution is 2.40. The molecule has 1 aliphatic heterocycles.